The number of nitrogens with zero attached hydrogens (tertiary/aromatic N) is 3. The van der Waals surface area contributed by atoms with Crippen LogP contribution in [0.3, 0.4) is 0 Å². The van der Waals surface area contributed by atoms with Crippen LogP contribution in [0.2, 0.25) is 0 Å². The van der Waals surface area contributed by atoms with Gasteiger partial charge in [-0.2, -0.15) is 0 Å². The van der Waals surface area contributed by atoms with Gasteiger partial charge in [0.2, 0.25) is 5.91 Å². The summed E-state index contributed by atoms with van der Waals surface area (Å²) in [5.74, 6) is 1.12. The number of hydrogen-bond acceptors (Lipinski definition) is 4. The quantitative estimate of drug-likeness (QED) is 0.685. The van der Waals surface area contributed by atoms with Gasteiger partial charge in [0.1, 0.15) is 17.5 Å². The molecule has 3 aromatic rings. The SMILES string of the molecule is O=C(NCc1ccn2ccnc2c1)c1ccc(O[C@H]2CCN(C(=O)C3CC3)C2)cc1. The predicted octanol–water partition coefficient (Wildman–Crippen LogP) is 2.65. The molecule has 1 N–H and O–H groups in total. The zero-order valence-corrected chi connectivity index (χ0v) is 16.7. The van der Waals surface area contributed by atoms with E-state index in [1.807, 2.05) is 46.0 Å². The molecule has 1 aliphatic carbocycles. The van der Waals surface area contributed by atoms with E-state index in [2.05, 4.69) is 10.3 Å². The van der Waals surface area contributed by atoms with Gasteiger partial charge in [-0.05, 0) is 54.8 Å². The second-order valence-electron chi connectivity index (χ2n) is 8.02. The highest BCUT2D eigenvalue weighted by Gasteiger charge is 2.37. The third-order valence-corrected chi connectivity index (χ3v) is 5.72. The Bertz CT molecular complexity index is 1070. The molecule has 0 unspecified atom stereocenters. The van der Waals surface area contributed by atoms with E-state index >= 15 is 0 Å². The van der Waals surface area contributed by atoms with E-state index in [0.29, 0.717) is 18.7 Å². The van der Waals surface area contributed by atoms with Crippen molar-refractivity contribution in [2.75, 3.05) is 13.1 Å². The summed E-state index contributed by atoms with van der Waals surface area (Å²) in [7, 11) is 0. The summed E-state index contributed by atoms with van der Waals surface area (Å²) in [4.78, 5) is 30.8. The smallest absolute Gasteiger partial charge is 0.251 e. The topological polar surface area (TPSA) is 75.9 Å². The van der Waals surface area contributed by atoms with Crippen molar-refractivity contribution in [3.8, 4) is 5.75 Å². The molecule has 0 spiro atoms. The van der Waals surface area contributed by atoms with Crippen LogP contribution in [0.15, 0.2) is 55.0 Å². The molecule has 2 aromatic heterocycles. The number of aromatic nitrogens is 2. The Morgan fingerprint density at radius 3 is 2.73 bits per heavy atom. The maximum Gasteiger partial charge on any atom is 0.251 e. The largest absolute Gasteiger partial charge is 0.489 e. The number of hydrogen-bond donors (Lipinski definition) is 1. The van der Waals surface area contributed by atoms with Crippen LogP contribution >= 0.6 is 0 Å². The molecule has 2 amide bonds. The zero-order valence-electron chi connectivity index (χ0n) is 16.7. The number of fused-ring (bicyclic) bond motifs is 1. The first-order valence-corrected chi connectivity index (χ1v) is 10.4. The van der Waals surface area contributed by atoms with Gasteiger partial charge in [-0.15, -0.1) is 0 Å². The highest BCUT2D eigenvalue weighted by molar-refractivity contribution is 5.94. The molecule has 1 saturated carbocycles. The molecule has 30 heavy (non-hydrogen) atoms. The number of rotatable bonds is 6. The minimum atomic E-state index is -0.133. The predicted molar refractivity (Wildman–Crippen MR) is 111 cm³/mol. The van der Waals surface area contributed by atoms with E-state index < -0.39 is 0 Å². The molecule has 2 aliphatic rings. The fraction of sp³-hybridized carbons (Fsp3) is 0.348. The molecule has 0 radical (unpaired) electrons. The molecule has 2 fully saturated rings. The van der Waals surface area contributed by atoms with Crippen molar-refractivity contribution in [1.29, 1.82) is 0 Å². The number of carbonyl (C=O) groups is 2. The minimum absolute atomic E-state index is 0.0185. The van der Waals surface area contributed by atoms with Crippen molar-refractivity contribution in [2.45, 2.75) is 31.9 Å². The molecular formula is C23H24N4O3. The number of benzene rings is 1. The monoisotopic (exact) mass is 404 g/mol. The summed E-state index contributed by atoms with van der Waals surface area (Å²) in [5, 5.41) is 2.94. The van der Waals surface area contributed by atoms with Gasteiger partial charge in [-0.3, -0.25) is 9.59 Å². The Hall–Kier alpha value is -3.35. The molecule has 5 rings (SSSR count). The van der Waals surface area contributed by atoms with Crippen LogP contribution < -0.4 is 10.1 Å². The molecule has 1 saturated heterocycles. The van der Waals surface area contributed by atoms with Crippen LogP contribution in [0.25, 0.3) is 5.65 Å². The molecule has 154 valence electrons. The summed E-state index contributed by atoms with van der Waals surface area (Å²) in [6.45, 7) is 1.86. The lowest BCUT2D eigenvalue weighted by Gasteiger charge is -2.17. The lowest BCUT2D eigenvalue weighted by molar-refractivity contribution is -0.131. The number of imidazole rings is 1. The third-order valence-electron chi connectivity index (χ3n) is 5.72. The summed E-state index contributed by atoms with van der Waals surface area (Å²) >= 11 is 0. The van der Waals surface area contributed by atoms with Gasteiger partial charge in [-0.1, -0.05) is 0 Å². The molecule has 7 nitrogen and oxygen atoms in total. The van der Waals surface area contributed by atoms with Gasteiger partial charge in [0.15, 0.2) is 0 Å². The van der Waals surface area contributed by atoms with Crippen LogP contribution in [0, 0.1) is 5.92 Å². The fourth-order valence-corrected chi connectivity index (χ4v) is 3.84. The maximum absolute atomic E-state index is 12.5. The first-order chi connectivity index (χ1) is 14.7. The van der Waals surface area contributed by atoms with E-state index in [1.54, 1.807) is 18.3 Å². The van der Waals surface area contributed by atoms with Crippen LogP contribution in [0.4, 0.5) is 0 Å². The second kappa shape index (κ2) is 7.82. The average Bonchev–Trinajstić information content (AvgIpc) is 3.33. The van der Waals surface area contributed by atoms with E-state index in [1.165, 1.54) is 0 Å². The van der Waals surface area contributed by atoms with Gasteiger partial charge in [-0.25, -0.2) is 4.98 Å². The molecule has 7 heteroatoms. The van der Waals surface area contributed by atoms with Gasteiger partial charge >= 0.3 is 0 Å². The molecule has 1 aromatic carbocycles. The van der Waals surface area contributed by atoms with Crippen molar-refractivity contribution in [3.05, 3.63) is 66.1 Å². The van der Waals surface area contributed by atoms with E-state index in [-0.39, 0.29) is 23.8 Å². The van der Waals surface area contributed by atoms with Crippen molar-refractivity contribution in [2.24, 2.45) is 5.92 Å². The lowest BCUT2D eigenvalue weighted by Crippen LogP contribution is -2.31. The van der Waals surface area contributed by atoms with Crippen molar-refractivity contribution < 1.29 is 14.3 Å². The van der Waals surface area contributed by atoms with Crippen LogP contribution in [0.1, 0.15) is 35.2 Å². The number of likely N-dealkylation sites (tertiary alicyclic amines) is 1. The van der Waals surface area contributed by atoms with Crippen molar-refractivity contribution in [1.82, 2.24) is 19.6 Å². The van der Waals surface area contributed by atoms with E-state index in [4.69, 9.17) is 4.74 Å². The number of carbonyl (C=O) groups excluding carboxylic acids is 2. The Balaban J connectivity index is 1.13. The standard InChI is InChI=1S/C23H24N4O3/c28-22(25-14-16-7-10-26-12-9-24-21(26)13-16)17-3-5-19(6-4-17)30-20-8-11-27(15-20)23(29)18-1-2-18/h3-7,9-10,12-13,18,20H,1-2,8,11,14-15H2,(H,25,28)/t20-/m0/s1. The summed E-state index contributed by atoms with van der Waals surface area (Å²) in [6.07, 6.45) is 8.49. The van der Waals surface area contributed by atoms with Crippen LogP contribution in [0.5, 0.6) is 5.75 Å². The number of amides is 2. The summed E-state index contributed by atoms with van der Waals surface area (Å²) < 4.78 is 7.94. The molecule has 3 heterocycles. The number of ether oxygens (including phenoxy) is 1. The Morgan fingerprint density at radius 1 is 1.10 bits per heavy atom. The van der Waals surface area contributed by atoms with Gasteiger partial charge in [0.05, 0.1) is 6.54 Å². The Labute approximate surface area is 174 Å². The fourth-order valence-electron chi connectivity index (χ4n) is 3.84. The van der Waals surface area contributed by atoms with Gasteiger partial charge in [0, 0.05) is 49.6 Å². The zero-order chi connectivity index (χ0) is 20.5. The lowest BCUT2D eigenvalue weighted by atomic mass is 10.2. The Kier molecular flexibility index (Phi) is 4.86. The normalized spacial score (nSPS) is 18.5. The molecule has 1 atom stereocenters. The van der Waals surface area contributed by atoms with Crippen LogP contribution in [-0.2, 0) is 11.3 Å². The van der Waals surface area contributed by atoms with Gasteiger partial charge < -0.3 is 19.4 Å². The molecule has 0 bridgehead atoms. The Morgan fingerprint density at radius 2 is 1.93 bits per heavy atom. The van der Waals surface area contributed by atoms with E-state index in [0.717, 1.165) is 42.8 Å². The molecule has 1 aliphatic heterocycles. The van der Waals surface area contributed by atoms with Gasteiger partial charge in [0.25, 0.3) is 5.91 Å². The highest BCUT2D eigenvalue weighted by Crippen LogP contribution is 2.32. The first kappa shape index (κ1) is 18.7. The van der Waals surface area contributed by atoms with E-state index in [9.17, 15) is 9.59 Å². The maximum atomic E-state index is 12.5. The van der Waals surface area contributed by atoms with Crippen LogP contribution in [-0.4, -0.2) is 45.3 Å². The van der Waals surface area contributed by atoms with Crippen molar-refractivity contribution in [3.63, 3.8) is 0 Å². The summed E-state index contributed by atoms with van der Waals surface area (Å²) in [6, 6.07) is 11.1. The summed E-state index contributed by atoms with van der Waals surface area (Å²) in [5.41, 5.74) is 2.43. The van der Waals surface area contributed by atoms with Crippen molar-refractivity contribution >= 4 is 17.5 Å². The average molecular weight is 404 g/mol. The number of pyridine rings is 1. The minimum Gasteiger partial charge on any atom is -0.489 e. The second-order valence-corrected chi connectivity index (χ2v) is 8.02. The number of nitrogens with one attached hydrogen (secondary N) is 1. The highest BCUT2D eigenvalue weighted by atomic mass is 16.5. The first-order valence-electron chi connectivity index (χ1n) is 10.4. The third kappa shape index (κ3) is 4.01. The molecular weight excluding hydrogens is 380 g/mol.